The lowest BCUT2D eigenvalue weighted by Crippen LogP contribution is -2.37. The summed E-state index contributed by atoms with van der Waals surface area (Å²) in [6, 6.07) is 12.8. The Kier molecular flexibility index (Phi) is 4.51. The number of para-hydroxylation sites is 1. The number of benzene rings is 1. The molecule has 5 heteroatoms. The van der Waals surface area contributed by atoms with Crippen LogP contribution >= 0.6 is 0 Å². The minimum Gasteiger partial charge on any atom is -0.375 e. The van der Waals surface area contributed by atoms with Crippen molar-refractivity contribution in [1.29, 1.82) is 0 Å². The van der Waals surface area contributed by atoms with Crippen molar-refractivity contribution in [3.63, 3.8) is 0 Å². The van der Waals surface area contributed by atoms with Gasteiger partial charge in [-0.3, -0.25) is 9.88 Å². The molecule has 0 spiro atoms. The summed E-state index contributed by atoms with van der Waals surface area (Å²) in [5.74, 6) is 1.13. The van der Waals surface area contributed by atoms with Gasteiger partial charge in [-0.05, 0) is 26.0 Å². The third-order valence-corrected chi connectivity index (χ3v) is 4.98. The van der Waals surface area contributed by atoms with Crippen LogP contribution in [0.1, 0.15) is 37.1 Å². The minimum atomic E-state index is 0.275. The molecule has 1 atom stereocenters. The molecule has 0 radical (unpaired) electrons. The quantitative estimate of drug-likeness (QED) is 0.715. The van der Waals surface area contributed by atoms with Gasteiger partial charge >= 0.3 is 0 Å². The van der Waals surface area contributed by atoms with Crippen molar-refractivity contribution in [1.82, 2.24) is 19.4 Å². The molecule has 130 valence electrons. The SMILES string of the molecule is CCOCc1cnc2n1CCN(Cc1ccc3ccccc3n1)[C@H]2C. The highest BCUT2D eigenvalue weighted by atomic mass is 16.5. The Labute approximate surface area is 148 Å². The van der Waals surface area contributed by atoms with Crippen LogP contribution in [0.4, 0.5) is 0 Å². The maximum absolute atomic E-state index is 5.56. The van der Waals surface area contributed by atoms with Gasteiger partial charge in [-0.2, -0.15) is 0 Å². The molecule has 5 nitrogen and oxygen atoms in total. The van der Waals surface area contributed by atoms with Gasteiger partial charge in [0.05, 0.1) is 35.8 Å². The highest BCUT2D eigenvalue weighted by Crippen LogP contribution is 2.27. The van der Waals surface area contributed by atoms with E-state index in [2.05, 4.69) is 51.7 Å². The van der Waals surface area contributed by atoms with E-state index in [1.165, 1.54) is 11.1 Å². The van der Waals surface area contributed by atoms with Crippen LogP contribution in [-0.4, -0.2) is 32.6 Å². The zero-order valence-electron chi connectivity index (χ0n) is 14.9. The summed E-state index contributed by atoms with van der Waals surface area (Å²) in [6.45, 7) is 8.42. The largest absolute Gasteiger partial charge is 0.375 e. The number of nitrogens with zero attached hydrogens (tertiary/aromatic N) is 4. The summed E-state index contributed by atoms with van der Waals surface area (Å²) in [6.07, 6.45) is 1.96. The van der Waals surface area contributed by atoms with E-state index in [0.29, 0.717) is 6.61 Å². The van der Waals surface area contributed by atoms with Crippen LogP contribution < -0.4 is 0 Å². The Bertz CT molecular complexity index is 873. The maximum Gasteiger partial charge on any atom is 0.126 e. The third kappa shape index (κ3) is 3.17. The first-order valence-electron chi connectivity index (χ1n) is 8.97. The summed E-state index contributed by atoms with van der Waals surface area (Å²) >= 11 is 0. The molecule has 2 aromatic heterocycles. The summed E-state index contributed by atoms with van der Waals surface area (Å²) in [4.78, 5) is 11.9. The fourth-order valence-electron chi connectivity index (χ4n) is 3.55. The monoisotopic (exact) mass is 336 g/mol. The van der Waals surface area contributed by atoms with Crippen LogP contribution in [0.5, 0.6) is 0 Å². The number of hydrogen-bond donors (Lipinski definition) is 0. The molecule has 0 amide bonds. The molecule has 1 aromatic carbocycles. The van der Waals surface area contributed by atoms with Crippen molar-refractivity contribution in [2.75, 3.05) is 13.2 Å². The first kappa shape index (κ1) is 16.2. The molecule has 0 N–H and O–H groups in total. The molecule has 0 unspecified atom stereocenters. The van der Waals surface area contributed by atoms with Gasteiger partial charge < -0.3 is 9.30 Å². The molecular formula is C20H24N4O. The third-order valence-electron chi connectivity index (χ3n) is 4.98. The van der Waals surface area contributed by atoms with Gasteiger partial charge in [0.2, 0.25) is 0 Å². The van der Waals surface area contributed by atoms with Crippen LogP contribution in [0.25, 0.3) is 10.9 Å². The smallest absolute Gasteiger partial charge is 0.126 e. The number of pyridine rings is 1. The lowest BCUT2D eigenvalue weighted by atomic mass is 10.1. The second kappa shape index (κ2) is 6.94. The van der Waals surface area contributed by atoms with E-state index in [-0.39, 0.29) is 6.04 Å². The number of hydrogen-bond acceptors (Lipinski definition) is 4. The van der Waals surface area contributed by atoms with Crippen molar-refractivity contribution in [2.24, 2.45) is 0 Å². The normalized spacial score (nSPS) is 17.8. The summed E-state index contributed by atoms with van der Waals surface area (Å²) in [5, 5.41) is 1.19. The standard InChI is InChI=1S/C20H24N4O/c1-3-25-14-18-12-21-20-15(2)23(10-11-24(18)20)13-17-9-8-16-6-4-5-7-19(16)22-17/h4-9,12,15H,3,10-11,13-14H2,1-2H3/t15-/m0/s1. The highest BCUT2D eigenvalue weighted by molar-refractivity contribution is 5.78. The molecule has 3 heterocycles. The van der Waals surface area contributed by atoms with E-state index in [1.54, 1.807) is 0 Å². The van der Waals surface area contributed by atoms with Crippen molar-refractivity contribution < 1.29 is 4.74 Å². The van der Waals surface area contributed by atoms with Crippen LogP contribution in [-0.2, 0) is 24.4 Å². The molecule has 0 saturated carbocycles. The Morgan fingerprint density at radius 3 is 2.92 bits per heavy atom. The van der Waals surface area contributed by atoms with Crippen molar-refractivity contribution in [3.8, 4) is 0 Å². The topological polar surface area (TPSA) is 43.2 Å². The molecule has 3 aromatic rings. The lowest BCUT2D eigenvalue weighted by Gasteiger charge is -2.34. The van der Waals surface area contributed by atoms with E-state index < -0.39 is 0 Å². The fourth-order valence-corrected chi connectivity index (χ4v) is 3.55. The van der Waals surface area contributed by atoms with Gasteiger partial charge in [-0.15, -0.1) is 0 Å². The second-order valence-corrected chi connectivity index (χ2v) is 6.54. The lowest BCUT2D eigenvalue weighted by molar-refractivity contribution is 0.119. The molecule has 4 rings (SSSR count). The van der Waals surface area contributed by atoms with Crippen LogP contribution in [0.2, 0.25) is 0 Å². The zero-order chi connectivity index (χ0) is 17.2. The molecule has 1 aliphatic rings. The fraction of sp³-hybridized carbons (Fsp3) is 0.400. The van der Waals surface area contributed by atoms with Crippen LogP contribution in [0.15, 0.2) is 42.6 Å². The van der Waals surface area contributed by atoms with Gasteiger partial charge in [0.15, 0.2) is 0 Å². The van der Waals surface area contributed by atoms with Crippen molar-refractivity contribution in [3.05, 3.63) is 59.8 Å². The molecule has 0 bridgehead atoms. The van der Waals surface area contributed by atoms with Gasteiger partial charge in [-0.1, -0.05) is 24.3 Å². The minimum absolute atomic E-state index is 0.275. The molecule has 0 saturated heterocycles. The van der Waals surface area contributed by atoms with E-state index in [0.717, 1.165) is 43.3 Å². The average molecular weight is 336 g/mol. The summed E-state index contributed by atoms with van der Waals surface area (Å²) in [5.41, 5.74) is 3.34. The predicted molar refractivity (Wildman–Crippen MR) is 98.1 cm³/mol. The van der Waals surface area contributed by atoms with Gasteiger partial charge in [0, 0.05) is 31.6 Å². The number of imidazole rings is 1. The van der Waals surface area contributed by atoms with E-state index in [9.17, 15) is 0 Å². The second-order valence-electron chi connectivity index (χ2n) is 6.54. The zero-order valence-corrected chi connectivity index (χ0v) is 14.9. The van der Waals surface area contributed by atoms with Gasteiger partial charge in [0.1, 0.15) is 5.82 Å². The molecule has 0 aliphatic carbocycles. The predicted octanol–water partition coefficient (Wildman–Crippen LogP) is 3.54. The van der Waals surface area contributed by atoms with Gasteiger partial charge in [-0.25, -0.2) is 4.98 Å². The van der Waals surface area contributed by atoms with Gasteiger partial charge in [0.25, 0.3) is 0 Å². The van der Waals surface area contributed by atoms with E-state index in [4.69, 9.17) is 9.72 Å². The first-order valence-corrected chi connectivity index (χ1v) is 8.97. The van der Waals surface area contributed by atoms with Crippen LogP contribution in [0.3, 0.4) is 0 Å². The van der Waals surface area contributed by atoms with E-state index >= 15 is 0 Å². The molecule has 0 fully saturated rings. The van der Waals surface area contributed by atoms with Crippen LogP contribution in [0, 0.1) is 0 Å². The summed E-state index contributed by atoms with van der Waals surface area (Å²) in [7, 11) is 0. The number of fused-ring (bicyclic) bond motifs is 2. The Morgan fingerprint density at radius 2 is 2.04 bits per heavy atom. The highest BCUT2D eigenvalue weighted by Gasteiger charge is 2.27. The van der Waals surface area contributed by atoms with E-state index in [1.807, 2.05) is 19.2 Å². The Hall–Kier alpha value is -2.24. The molecule has 1 aliphatic heterocycles. The first-order chi connectivity index (χ1) is 12.3. The Morgan fingerprint density at radius 1 is 1.16 bits per heavy atom. The average Bonchev–Trinajstić information content (AvgIpc) is 3.06. The Balaban J connectivity index is 1.52. The maximum atomic E-state index is 5.56. The number of ether oxygens (including phenoxy) is 1. The van der Waals surface area contributed by atoms with Crippen molar-refractivity contribution in [2.45, 2.75) is 39.6 Å². The number of rotatable bonds is 5. The summed E-state index contributed by atoms with van der Waals surface area (Å²) < 4.78 is 7.87. The van der Waals surface area contributed by atoms with Crippen molar-refractivity contribution >= 4 is 10.9 Å². The molecular weight excluding hydrogens is 312 g/mol. The number of aromatic nitrogens is 3. The molecule has 25 heavy (non-hydrogen) atoms.